The number of nitrogens with one attached hydrogen (secondary N) is 6. The van der Waals surface area contributed by atoms with Crippen LogP contribution < -0.4 is 21.6 Å². The van der Waals surface area contributed by atoms with Crippen molar-refractivity contribution in [1.29, 1.82) is 10.8 Å². The Morgan fingerprint density at radius 1 is 0.470 bits per heavy atom. The third kappa shape index (κ3) is 12.0. The van der Waals surface area contributed by atoms with Crippen molar-refractivity contribution >= 4 is 34.4 Å². The first-order valence-corrected chi connectivity index (χ1v) is 28.2. The third-order valence-electron chi connectivity index (χ3n) is 15.8. The SMILES string of the molecule is N=c1ncn(Cc2cn([C@H](c3ccccc3)[C@H](c3ccccc3)N3CCN(C(=O)NCCCCCNC(=O)N4CCN([C@@H](c5ccccc5)[C@@H](c5ccccc5)n5cc(Cn6cnc(=N)c7[nH]cnc76)nn5)CC4)CC3)nn2)c2nc[nH]c12. The van der Waals surface area contributed by atoms with E-state index in [1.165, 1.54) is 0 Å². The van der Waals surface area contributed by atoms with Crippen LogP contribution in [-0.2, 0) is 13.1 Å². The molecule has 2 saturated heterocycles. The lowest BCUT2D eigenvalue weighted by molar-refractivity contribution is 0.0874. The zero-order valence-electron chi connectivity index (χ0n) is 45.9. The second-order valence-corrected chi connectivity index (χ2v) is 21.0. The van der Waals surface area contributed by atoms with E-state index in [0.717, 1.165) is 52.9 Å². The van der Waals surface area contributed by atoms with E-state index in [1.54, 1.807) is 25.3 Å². The number of unbranched alkanes of at least 4 members (excludes halogenated alkanes) is 2. The highest BCUT2D eigenvalue weighted by molar-refractivity contribution is 5.75. The lowest BCUT2D eigenvalue weighted by atomic mass is 9.91. The number of H-pyrrole nitrogens is 2. The molecular formula is C59H66N22O2. The average Bonchev–Trinajstić information content (AvgIpc) is 4.60. The summed E-state index contributed by atoms with van der Waals surface area (Å²) in [5.74, 6) is 0. The van der Waals surface area contributed by atoms with Gasteiger partial charge < -0.3 is 39.5 Å². The van der Waals surface area contributed by atoms with Gasteiger partial charge in [0.05, 0.1) is 75.0 Å². The summed E-state index contributed by atoms with van der Waals surface area (Å²) < 4.78 is 7.63. The zero-order chi connectivity index (χ0) is 56.5. The van der Waals surface area contributed by atoms with Gasteiger partial charge in [0.25, 0.3) is 0 Å². The van der Waals surface area contributed by atoms with Crippen LogP contribution in [0.3, 0.4) is 0 Å². The highest BCUT2D eigenvalue weighted by atomic mass is 16.2. The first-order chi connectivity index (χ1) is 40.8. The van der Waals surface area contributed by atoms with Gasteiger partial charge in [0, 0.05) is 65.4 Å². The summed E-state index contributed by atoms with van der Waals surface area (Å²) in [5, 5.41) is 41.4. The van der Waals surface area contributed by atoms with Crippen LogP contribution in [0.5, 0.6) is 0 Å². The Morgan fingerprint density at radius 2 is 0.831 bits per heavy atom. The van der Waals surface area contributed by atoms with Gasteiger partial charge in [0.1, 0.15) is 22.4 Å². The van der Waals surface area contributed by atoms with E-state index in [-0.39, 0.29) is 47.2 Å². The molecule has 4 amide bonds. The normalized spacial score (nSPS) is 15.8. The molecule has 6 N–H and O–H groups in total. The number of carbonyl (C=O) groups excluding carboxylic acids is 2. The molecule has 2 aliphatic rings. The number of aromatic nitrogens is 14. The third-order valence-corrected chi connectivity index (χ3v) is 15.8. The van der Waals surface area contributed by atoms with Crippen molar-refractivity contribution in [3.63, 3.8) is 0 Å². The molecule has 0 bridgehead atoms. The molecule has 0 aliphatic carbocycles. The summed E-state index contributed by atoms with van der Waals surface area (Å²) in [6.07, 6.45) is 12.8. The molecule has 2 aliphatic heterocycles. The molecule has 24 nitrogen and oxygen atoms in total. The van der Waals surface area contributed by atoms with Crippen molar-refractivity contribution in [3.05, 3.63) is 204 Å². The number of benzene rings is 4. The van der Waals surface area contributed by atoms with Crippen molar-refractivity contribution in [1.82, 2.24) is 99.3 Å². The number of fused-ring (bicyclic) bond motifs is 2. The highest BCUT2D eigenvalue weighted by Gasteiger charge is 2.37. The molecule has 2 fully saturated rings. The first-order valence-electron chi connectivity index (χ1n) is 28.2. The van der Waals surface area contributed by atoms with Gasteiger partial charge in [0.15, 0.2) is 22.3 Å². The monoisotopic (exact) mass is 1110 g/mol. The molecule has 0 unspecified atom stereocenters. The fourth-order valence-corrected chi connectivity index (χ4v) is 11.7. The standard InChI is InChI=1S/C59H66N22O2/c60-54-48-56(66-38-64-48)78(40-68-54)34-46-36-80(72-70-46)52(44-20-10-3-11-21-44)50(42-16-6-1-7-17-42)74-26-30-76(31-27-74)58(82)62-24-14-5-15-25-63-59(83)77-32-28-75(29-33-77)51(43-18-8-2-9-19-43)53(45-22-12-4-13-23-45)81-37-47(71-73-81)35-79-41-69-55(61)49-57(79)67-39-65-49/h1-4,6-13,16-23,36-41,50-53,60-61H,5,14-15,24-35H2,(H,62,82)(H,63,83)(H,64,66)(H,65,67)/t50-,51-,52+,53+/m0/s1. The summed E-state index contributed by atoms with van der Waals surface area (Å²) in [7, 11) is 0. The highest BCUT2D eigenvalue weighted by Crippen LogP contribution is 2.39. The van der Waals surface area contributed by atoms with Crippen LogP contribution in [0.15, 0.2) is 159 Å². The van der Waals surface area contributed by atoms with E-state index in [1.807, 2.05) is 89.2 Å². The number of hydrogen-bond donors (Lipinski definition) is 6. The van der Waals surface area contributed by atoms with Gasteiger partial charge in [-0.2, -0.15) is 0 Å². The number of aromatic amines is 2. The largest absolute Gasteiger partial charge is 0.340 e. The van der Waals surface area contributed by atoms with Crippen molar-refractivity contribution in [2.75, 3.05) is 65.4 Å². The minimum absolute atomic E-state index is 0.0680. The smallest absolute Gasteiger partial charge is 0.317 e. The molecule has 12 rings (SSSR count). The van der Waals surface area contributed by atoms with E-state index in [0.29, 0.717) is 101 Å². The van der Waals surface area contributed by atoms with Gasteiger partial charge in [-0.15, -0.1) is 10.2 Å². The molecule has 24 heteroatoms. The predicted molar refractivity (Wildman–Crippen MR) is 308 cm³/mol. The number of rotatable bonds is 20. The first kappa shape index (κ1) is 53.9. The maximum Gasteiger partial charge on any atom is 0.317 e. The Hall–Kier alpha value is -9.68. The predicted octanol–water partition coefficient (Wildman–Crippen LogP) is 5.26. The van der Waals surface area contributed by atoms with Gasteiger partial charge in [-0.1, -0.05) is 132 Å². The van der Waals surface area contributed by atoms with Crippen LogP contribution in [0.1, 0.15) is 77.1 Å². The van der Waals surface area contributed by atoms with Crippen LogP contribution in [0, 0.1) is 10.8 Å². The second kappa shape index (κ2) is 25.0. The van der Waals surface area contributed by atoms with Gasteiger partial charge >= 0.3 is 12.1 Å². The molecule has 8 heterocycles. The minimum Gasteiger partial charge on any atom is -0.340 e. The van der Waals surface area contributed by atoms with Crippen LogP contribution >= 0.6 is 0 Å². The summed E-state index contributed by atoms with van der Waals surface area (Å²) in [5.41, 5.74) is 8.53. The maximum atomic E-state index is 13.6. The Balaban J connectivity index is 0.619. The molecule has 4 aromatic carbocycles. The lowest BCUT2D eigenvalue weighted by Crippen LogP contribution is -2.53. The fourth-order valence-electron chi connectivity index (χ4n) is 11.7. The van der Waals surface area contributed by atoms with E-state index >= 15 is 0 Å². The van der Waals surface area contributed by atoms with E-state index in [2.05, 4.69) is 133 Å². The molecule has 10 aromatic rings. The second-order valence-electron chi connectivity index (χ2n) is 21.0. The summed E-state index contributed by atoms with van der Waals surface area (Å²) in [4.78, 5) is 59.3. The Labute approximate surface area is 477 Å². The average molecular weight is 1120 g/mol. The molecular weight excluding hydrogens is 1050 g/mol. The number of imidazole rings is 2. The van der Waals surface area contributed by atoms with E-state index in [9.17, 15) is 9.59 Å². The molecule has 83 heavy (non-hydrogen) atoms. The molecule has 0 saturated carbocycles. The molecule has 424 valence electrons. The van der Waals surface area contributed by atoms with Crippen molar-refractivity contribution in [2.45, 2.75) is 56.5 Å². The van der Waals surface area contributed by atoms with Crippen molar-refractivity contribution < 1.29 is 9.59 Å². The Bertz CT molecular complexity index is 3610. The number of nitrogens with zero attached hydrogens (tertiary/aromatic N) is 16. The Kier molecular flexibility index (Phi) is 16.2. The number of urea groups is 2. The summed E-state index contributed by atoms with van der Waals surface area (Å²) in [6.45, 7) is 6.76. The summed E-state index contributed by atoms with van der Waals surface area (Å²) in [6, 6.07) is 40.8. The number of hydrogen-bond acceptors (Lipinski definition) is 14. The van der Waals surface area contributed by atoms with Gasteiger partial charge in [-0.3, -0.25) is 20.6 Å². The molecule has 4 atom stereocenters. The number of carbonyl (C=O) groups is 2. The topological polar surface area (TPSA) is 273 Å². The van der Waals surface area contributed by atoms with Crippen LogP contribution in [0.4, 0.5) is 9.59 Å². The number of piperazine rings is 2. The van der Waals surface area contributed by atoms with Crippen LogP contribution in [0.2, 0.25) is 0 Å². The lowest BCUT2D eigenvalue weighted by Gasteiger charge is -2.42. The molecule has 6 aromatic heterocycles. The maximum absolute atomic E-state index is 13.6. The zero-order valence-corrected chi connectivity index (χ0v) is 45.9. The fraction of sp³-hybridized carbons (Fsp3) is 0.322. The van der Waals surface area contributed by atoms with E-state index < -0.39 is 0 Å². The molecule has 0 radical (unpaired) electrons. The van der Waals surface area contributed by atoms with Gasteiger partial charge in [-0.05, 0) is 41.5 Å². The van der Waals surface area contributed by atoms with Crippen LogP contribution in [0.25, 0.3) is 22.3 Å². The quantitative estimate of drug-likeness (QED) is 0.0534. The van der Waals surface area contributed by atoms with Crippen molar-refractivity contribution in [2.24, 2.45) is 0 Å². The number of amides is 4. The summed E-state index contributed by atoms with van der Waals surface area (Å²) >= 11 is 0. The van der Waals surface area contributed by atoms with Crippen LogP contribution in [-0.4, -0.2) is 166 Å². The van der Waals surface area contributed by atoms with Crippen molar-refractivity contribution in [3.8, 4) is 0 Å². The Morgan fingerprint density at radius 3 is 1.20 bits per heavy atom. The van der Waals surface area contributed by atoms with Gasteiger partial charge in [-0.25, -0.2) is 38.9 Å². The van der Waals surface area contributed by atoms with Gasteiger partial charge in [0.2, 0.25) is 0 Å². The minimum atomic E-state index is -0.238. The molecule has 0 spiro atoms. The van der Waals surface area contributed by atoms with E-state index in [4.69, 9.17) is 21.2 Å².